The van der Waals surface area contributed by atoms with Crippen molar-refractivity contribution >= 4 is 11.6 Å². The molecule has 21 heavy (non-hydrogen) atoms. The van der Waals surface area contributed by atoms with Crippen molar-refractivity contribution in [1.29, 1.82) is 0 Å². The van der Waals surface area contributed by atoms with Crippen LogP contribution in [0, 0.1) is 0 Å². The zero-order valence-corrected chi connectivity index (χ0v) is 11.6. The summed E-state index contributed by atoms with van der Waals surface area (Å²) in [7, 11) is 1.59. The first-order valence-corrected chi connectivity index (χ1v) is 6.47. The fourth-order valence-electron chi connectivity index (χ4n) is 1.87. The summed E-state index contributed by atoms with van der Waals surface area (Å²) < 4.78 is 5.06. The summed E-state index contributed by atoms with van der Waals surface area (Å²) in [5.41, 5.74) is 1.87. The van der Waals surface area contributed by atoms with E-state index in [9.17, 15) is 4.79 Å². The quantitative estimate of drug-likeness (QED) is 0.733. The molecule has 0 saturated heterocycles. The van der Waals surface area contributed by atoms with Crippen molar-refractivity contribution in [1.82, 2.24) is 0 Å². The number of anilines is 1. The number of ether oxygens (including phenoxy) is 1. The Morgan fingerprint density at radius 1 is 1.10 bits per heavy atom. The third kappa shape index (κ3) is 4.30. The number of carbonyl (C=O) groups excluding carboxylic acids is 1. The number of aliphatic hydroxyl groups is 2. The van der Waals surface area contributed by atoms with Gasteiger partial charge in [0.05, 0.1) is 13.5 Å². The van der Waals surface area contributed by atoms with E-state index in [4.69, 9.17) is 14.9 Å². The largest absolute Gasteiger partial charge is 0.497 e. The van der Waals surface area contributed by atoms with Gasteiger partial charge in [0, 0.05) is 11.3 Å². The minimum Gasteiger partial charge on any atom is -0.497 e. The van der Waals surface area contributed by atoms with Crippen LogP contribution in [0.1, 0.15) is 17.4 Å². The highest BCUT2D eigenvalue weighted by molar-refractivity contribution is 5.92. The molecule has 2 aromatic carbocycles. The van der Waals surface area contributed by atoms with Gasteiger partial charge >= 0.3 is 0 Å². The highest BCUT2D eigenvalue weighted by atomic mass is 16.5. The predicted octanol–water partition coefficient (Wildman–Crippen LogP) is 1.86. The summed E-state index contributed by atoms with van der Waals surface area (Å²) in [4.78, 5) is 11.9. The van der Waals surface area contributed by atoms with Crippen LogP contribution in [0.15, 0.2) is 48.5 Å². The smallest absolute Gasteiger partial charge is 0.228 e. The standard InChI is InChI=1S/C16H17NO4/c1-21-14-8-2-11(3-9-14)10-15(18)17-13-6-4-12(5-7-13)16(19)20/h2-9,16,19-20H,10H2,1H3,(H,17,18). The molecule has 1 amide bonds. The lowest BCUT2D eigenvalue weighted by Crippen LogP contribution is -2.14. The monoisotopic (exact) mass is 287 g/mol. The van der Waals surface area contributed by atoms with Crippen molar-refractivity contribution in [3.8, 4) is 5.75 Å². The number of hydrogen-bond donors (Lipinski definition) is 3. The van der Waals surface area contributed by atoms with Gasteiger partial charge in [0.2, 0.25) is 5.91 Å². The Morgan fingerprint density at radius 3 is 2.24 bits per heavy atom. The molecule has 2 rings (SSSR count). The van der Waals surface area contributed by atoms with E-state index in [-0.39, 0.29) is 12.3 Å². The van der Waals surface area contributed by atoms with Crippen LogP contribution in [0.4, 0.5) is 5.69 Å². The first-order chi connectivity index (χ1) is 10.1. The molecular weight excluding hydrogens is 270 g/mol. The maximum Gasteiger partial charge on any atom is 0.228 e. The van der Waals surface area contributed by atoms with Gasteiger partial charge in [-0.25, -0.2) is 0 Å². The summed E-state index contributed by atoms with van der Waals surface area (Å²) in [6.07, 6.45) is -1.25. The number of rotatable bonds is 5. The van der Waals surface area contributed by atoms with Crippen LogP contribution in [0.25, 0.3) is 0 Å². The molecule has 0 aliphatic rings. The Labute approximate surface area is 122 Å². The number of carbonyl (C=O) groups is 1. The molecule has 0 heterocycles. The van der Waals surface area contributed by atoms with E-state index in [2.05, 4.69) is 5.32 Å². The normalized spacial score (nSPS) is 10.5. The molecular formula is C16H17NO4. The number of nitrogens with one attached hydrogen (secondary N) is 1. The summed E-state index contributed by atoms with van der Waals surface area (Å²) in [6.45, 7) is 0. The van der Waals surface area contributed by atoms with Crippen molar-refractivity contribution in [3.05, 3.63) is 59.7 Å². The molecule has 0 spiro atoms. The molecule has 0 bridgehead atoms. The Hall–Kier alpha value is -2.37. The first kappa shape index (κ1) is 15.0. The maximum absolute atomic E-state index is 11.9. The van der Waals surface area contributed by atoms with E-state index in [0.717, 1.165) is 11.3 Å². The predicted molar refractivity (Wildman–Crippen MR) is 78.9 cm³/mol. The fraction of sp³-hybridized carbons (Fsp3) is 0.188. The SMILES string of the molecule is COc1ccc(CC(=O)Nc2ccc(C(O)O)cc2)cc1. The van der Waals surface area contributed by atoms with Gasteiger partial charge in [0.25, 0.3) is 0 Å². The molecule has 0 fully saturated rings. The van der Waals surface area contributed by atoms with Crippen molar-refractivity contribution in [2.24, 2.45) is 0 Å². The van der Waals surface area contributed by atoms with Gasteiger partial charge in [-0.2, -0.15) is 0 Å². The van der Waals surface area contributed by atoms with Gasteiger partial charge in [-0.15, -0.1) is 0 Å². The molecule has 0 aliphatic carbocycles. The van der Waals surface area contributed by atoms with Gasteiger partial charge in [0.15, 0.2) is 6.29 Å². The average Bonchev–Trinajstić information content (AvgIpc) is 2.48. The summed E-state index contributed by atoms with van der Waals surface area (Å²) in [6, 6.07) is 13.6. The van der Waals surface area contributed by atoms with Crippen LogP contribution >= 0.6 is 0 Å². The van der Waals surface area contributed by atoms with Crippen molar-refractivity contribution in [2.45, 2.75) is 12.7 Å². The highest BCUT2D eigenvalue weighted by Crippen LogP contribution is 2.15. The third-order valence-electron chi connectivity index (χ3n) is 3.02. The number of hydrogen-bond acceptors (Lipinski definition) is 4. The molecule has 0 unspecified atom stereocenters. The minimum atomic E-state index is -1.51. The van der Waals surface area contributed by atoms with E-state index in [1.165, 1.54) is 0 Å². The number of benzene rings is 2. The van der Waals surface area contributed by atoms with Crippen molar-refractivity contribution in [2.75, 3.05) is 12.4 Å². The second kappa shape index (κ2) is 6.88. The molecule has 0 aromatic heterocycles. The zero-order valence-electron chi connectivity index (χ0n) is 11.6. The number of aliphatic hydroxyl groups excluding tert-OH is 1. The Bertz CT molecular complexity index is 591. The molecule has 0 atom stereocenters. The Morgan fingerprint density at radius 2 is 1.71 bits per heavy atom. The second-order valence-corrected chi connectivity index (χ2v) is 4.57. The summed E-state index contributed by atoms with van der Waals surface area (Å²) in [5, 5.41) is 20.7. The van der Waals surface area contributed by atoms with Crippen LogP contribution in [-0.4, -0.2) is 23.2 Å². The highest BCUT2D eigenvalue weighted by Gasteiger charge is 2.06. The van der Waals surface area contributed by atoms with E-state index in [0.29, 0.717) is 11.3 Å². The average molecular weight is 287 g/mol. The van der Waals surface area contributed by atoms with Gasteiger partial charge in [-0.3, -0.25) is 4.79 Å². The van der Waals surface area contributed by atoms with Gasteiger partial charge in [0.1, 0.15) is 5.75 Å². The summed E-state index contributed by atoms with van der Waals surface area (Å²) >= 11 is 0. The molecule has 5 nitrogen and oxygen atoms in total. The van der Waals surface area contributed by atoms with Crippen LogP contribution in [0.3, 0.4) is 0 Å². The molecule has 3 N–H and O–H groups in total. The second-order valence-electron chi connectivity index (χ2n) is 4.57. The third-order valence-corrected chi connectivity index (χ3v) is 3.02. The lowest BCUT2D eigenvalue weighted by molar-refractivity contribution is -0.115. The van der Waals surface area contributed by atoms with Gasteiger partial charge in [-0.05, 0) is 29.8 Å². The molecule has 0 saturated carbocycles. The van der Waals surface area contributed by atoms with E-state index >= 15 is 0 Å². The van der Waals surface area contributed by atoms with Crippen LogP contribution in [-0.2, 0) is 11.2 Å². The summed E-state index contributed by atoms with van der Waals surface area (Å²) in [5.74, 6) is 0.606. The van der Waals surface area contributed by atoms with Gasteiger partial charge in [-0.1, -0.05) is 24.3 Å². The minimum absolute atomic E-state index is 0.141. The lowest BCUT2D eigenvalue weighted by Gasteiger charge is -2.08. The van der Waals surface area contributed by atoms with E-state index < -0.39 is 6.29 Å². The molecule has 2 aromatic rings. The van der Waals surface area contributed by atoms with Crippen LogP contribution in [0.5, 0.6) is 5.75 Å². The first-order valence-electron chi connectivity index (χ1n) is 6.47. The fourth-order valence-corrected chi connectivity index (χ4v) is 1.87. The Kier molecular flexibility index (Phi) is 4.92. The zero-order chi connectivity index (χ0) is 15.2. The number of amides is 1. The molecule has 110 valence electrons. The van der Waals surface area contributed by atoms with Crippen LogP contribution < -0.4 is 10.1 Å². The topological polar surface area (TPSA) is 78.8 Å². The van der Waals surface area contributed by atoms with Crippen molar-refractivity contribution < 1.29 is 19.7 Å². The van der Waals surface area contributed by atoms with Crippen LogP contribution in [0.2, 0.25) is 0 Å². The molecule has 0 radical (unpaired) electrons. The van der Waals surface area contributed by atoms with E-state index in [1.807, 2.05) is 12.1 Å². The van der Waals surface area contributed by atoms with Crippen molar-refractivity contribution in [3.63, 3.8) is 0 Å². The Balaban J connectivity index is 1.94. The van der Waals surface area contributed by atoms with Gasteiger partial charge < -0.3 is 20.3 Å². The maximum atomic E-state index is 11.9. The number of methoxy groups -OCH3 is 1. The lowest BCUT2D eigenvalue weighted by atomic mass is 10.1. The van der Waals surface area contributed by atoms with E-state index in [1.54, 1.807) is 43.5 Å². The molecule has 5 heteroatoms. The molecule has 0 aliphatic heterocycles.